The van der Waals surface area contributed by atoms with Gasteiger partial charge in [-0.1, -0.05) is 12.7 Å². The van der Waals surface area contributed by atoms with Gasteiger partial charge < -0.3 is 4.74 Å². The van der Waals surface area contributed by atoms with Crippen molar-refractivity contribution in [2.45, 2.75) is 0 Å². The highest BCUT2D eigenvalue weighted by molar-refractivity contribution is 14.1. The van der Waals surface area contributed by atoms with E-state index in [1.807, 2.05) is 12.1 Å². The molecule has 24 heavy (non-hydrogen) atoms. The molecule has 0 aliphatic carbocycles. The molecule has 0 saturated carbocycles. The van der Waals surface area contributed by atoms with Gasteiger partial charge in [-0.2, -0.15) is 5.10 Å². The smallest absolute Gasteiger partial charge is 0.287 e. The van der Waals surface area contributed by atoms with Crippen LogP contribution in [0.1, 0.15) is 5.56 Å². The summed E-state index contributed by atoms with van der Waals surface area (Å²) in [5.74, 6) is 1.16. The molecule has 0 atom stereocenters. The van der Waals surface area contributed by atoms with Crippen LogP contribution in [0.5, 0.6) is 5.75 Å². The zero-order chi connectivity index (χ0) is 17.5. The second kappa shape index (κ2) is 8.73. The molecule has 1 aromatic heterocycles. The number of benzene rings is 1. The van der Waals surface area contributed by atoms with Gasteiger partial charge in [-0.25, -0.2) is 4.98 Å². The van der Waals surface area contributed by atoms with Crippen molar-refractivity contribution in [2.75, 3.05) is 12.0 Å². The third kappa shape index (κ3) is 4.99. The molecule has 0 radical (unpaired) electrons. The average molecular weight is 503 g/mol. The van der Waals surface area contributed by atoms with E-state index in [1.165, 1.54) is 18.3 Å². The first kappa shape index (κ1) is 18.3. The highest BCUT2D eigenvalue weighted by Crippen LogP contribution is 2.31. The molecular formula is C15H12BrIN4O3. The van der Waals surface area contributed by atoms with Gasteiger partial charge in [0.15, 0.2) is 0 Å². The van der Waals surface area contributed by atoms with Gasteiger partial charge in [0.1, 0.15) is 24.4 Å². The van der Waals surface area contributed by atoms with Crippen LogP contribution >= 0.6 is 38.5 Å². The predicted molar refractivity (Wildman–Crippen MR) is 105 cm³/mol. The van der Waals surface area contributed by atoms with Crippen LogP contribution in [0.15, 0.2) is 52.7 Å². The van der Waals surface area contributed by atoms with E-state index in [0.717, 1.165) is 19.4 Å². The molecule has 1 heterocycles. The number of halogens is 2. The van der Waals surface area contributed by atoms with Gasteiger partial charge in [0.25, 0.3) is 5.69 Å². The first-order chi connectivity index (χ1) is 11.5. The van der Waals surface area contributed by atoms with Crippen molar-refractivity contribution in [3.05, 3.63) is 66.8 Å². The number of ether oxygens (including phenoxy) is 1. The molecule has 7 nitrogen and oxygen atoms in total. The number of anilines is 1. The molecule has 9 heteroatoms. The van der Waals surface area contributed by atoms with Gasteiger partial charge in [0, 0.05) is 6.07 Å². The Balaban J connectivity index is 2.06. The van der Waals surface area contributed by atoms with E-state index in [9.17, 15) is 10.1 Å². The minimum atomic E-state index is -0.504. The minimum Gasteiger partial charge on any atom is -0.487 e. The van der Waals surface area contributed by atoms with E-state index < -0.39 is 4.92 Å². The van der Waals surface area contributed by atoms with Gasteiger partial charge in [-0.15, -0.1) is 0 Å². The highest BCUT2D eigenvalue weighted by atomic mass is 127. The third-order valence-electron chi connectivity index (χ3n) is 2.72. The number of nitrogens with zero attached hydrogens (tertiary/aromatic N) is 3. The molecule has 0 unspecified atom stereocenters. The normalized spacial score (nSPS) is 10.6. The molecule has 0 aliphatic heterocycles. The van der Waals surface area contributed by atoms with Crippen LogP contribution in [0, 0.1) is 13.7 Å². The molecule has 0 saturated heterocycles. The standard InChI is InChI=1S/C15H12BrIN4O3/c1-2-5-24-15-12(16)6-10(7-13(15)17)8-19-20-14-4-3-11(9-18-14)21(22)23/h2-4,6-9H,1,5H2,(H,18,20)/b19-8+. The molecule has 2 rings (SSSR count). The topological polar surface area (TPSA) is 89.6 Å². The average Bonchev–Trinajstić information content (AvgIpc) is 2.54. The van der Waals surface area contributed by atoms with Gasteiger partial charge in [-0.3, -0.25) is 15.5 Å². The minimum absolute atomic E-state index is 0.0712. The number of rotatable bonds is 7. The van der Waals surface area contributed by atoms with Gasteiger partial charge in [-0.05, 0) is 62.3 Å². The zero-order valence-electron chi connectivity index (χ0n) is 12.3. The van der Waals surface area contributed by atoms with Crippen LogP contribution in [0.4, 0.5) is 11.5 Å². The van der Waals surface area contributed by atoms with Crippen LogP contribution in [0.2, 0.25) is 0 Å². The molecule has 0 fully saturated rings. The lowest BCUT2D eigenvalue weighted by molar-refractivity contribution is -0.385. The van der Waals surface area contributed by atoms with Crippen molar-refractivity contribution in [3.8, 4) is 5.75 Å². The second-order valence-corrected chi connectivity index (χ2v) is 6.46. The summed E-state index contributed by atoms with van der Waals surface area (Å²) in [4.78, 5) is 14.0. The Morgan fingerprint density at radius 1 is 1.50 bits per heavy atom. The fourth-order valence-corrected chi connectivity index (χ4v) is 3.44. The summed E-state index contributed by atoms with van der Waals surface area (Å²) in [5, 5.41) is 14.6. The van der Waals surface area contributed by atoms with E-state index in [2.05, 4.69) is 60.6 Å². The van der Waals surface area contributed by atoms with Crippen molar-refractivity contribution >= 4 is 56.2 Å². The van der Waals surface area contributed by atoms with Crippen LogP contribution in [-0.2, 0) is 0 Å². The van der Waals surface area contributed by atoms with Crippen LogP contribution in [0.25, 0.3) is 0 Å². The summed E-state index contributed by atoms with van der Waals surface area (Å²) in [6, 6.07) is 6.63. The number of nitrogens with one attached hydrogen (secondary N) is 1. The van der Waals surface area contributed by atoms with Gasteiger partial charge in [0.2, 0.25) is 0 Å². The maximum absolute atomic E-state index is 10.6. The number of hydrazone groups is 1. The lowest BCUT2D eigenvalue weighted by Gasteiger charge is -2.09. The Labute approximate surface area is 160 Å². The molecule has 1 N–H and O–H groups in total. The van der Waals surface area contributed by atoms with E-state index in [-0.39, 0.29) is 5.69 Å². The Kier molecular flexibility index (Phi) is 6.67. The Hall–Kier alpha value is -2.01. The Morgan fingerprint density at radius 3 is 2.88 bits per heavy atom. The van der Waals surface area contributed by atoms with Crippen LogP contribution < -0.4 is 10.2 Å². The molecule has 0 spiro atoms. The predicted octanol–water partition coefficient (Wildman–Crippen LogP) is 4.37. The maximum atomic E-state index is 10.6. The summed E-state index contributed by atoms with van der Waals surface area (Å²) in [6.45, 7) is 4.05. The lowest BCUT2D eigenvalue weighted by atomic mass is 10.2. The fraction of sp³-hybridized carbons (Fsp3) is 0.0667. The Bertz CT molecular complexity index is 758. The van der Waals surface area contributed by atoms with Gasteiger partial charge >= 0.3 is 0 Å². The van der Waals surface area contributed by atoms with Crippen molar-refractivity contribution in [2.24, 2.45) is 5.10 Å². The van der Waals surface area contributed by atoms with E-state index >= 15 is 0 Å². The quantitative estimate of drug-likeness (QED) is 0.200. The summed E-state index contributed by atoms with van der Waals surface area (Å²) < 4.78 is 7.32. The molecule has 0 bridgehead atoms. The van der Waals surface area contributed by atoms with Crippen LogP contribution in [-0.4, -0.2) is 22.7 Å². The molecule has 1 aromatic carbocycles. The van der Waals surface area contributed by atoms with E-state index in [0.29, 0.717) is 12.4 Å². The highest BCUT2D eigenvalue weighted by Gasteiger charge is 2.08. The zero-order valence-corrected chi connectivity index (χ0v) is 16.0. The number of nitro groups is 1. The number of aromatic nitrogens is 1. The lowest BCUT2D eigenvalue weighted by Crippen LogP contribution is -1.98. The SMILES string of the molecule is C=CCOc1c(Br)cc(/C=N/Nc2ccc([N+](=O)[O-])cn2)cc1I. The largest absolute Gasteiger partial charge is 0.487 e. The van der Waals surface area contributed by atoms with Crippen molar-refractivity contribution < 1.29 is 9.66 Å². The maximum Gasteiger partial charge on any atom is 0.287 e. The molecule has 124 valence electrons. The first-order valence-electron chi connectivity index (χ1n) is 6.63. The van der Waals surface area contributed by atoms with E-state index in [4.69, 9.17) is 4.74 Å². The van der Waals surface area contributed by atoms with E-state index in [1.54, 1.807) is 12.3 Å². The molecule has 0 amide bonds. The second-order valence-electron chi connectivity index (χ2n) is 4.44. The number of hydrogen-bond donors (Lipinski definition) is 1. The van der Waals surface area contributed by atoms with Crippen molar-refractivity contribution in [1.29, 1.82) is 0 Å². The van der Waals surface area contributed by atoms with Crippen molar-refractivity contribution in [3.63, 3.8) is 0 Å². The Morgan fingerprint density at radius 2 is 2.29 bits per heavy atom. The van der Waals surface area contributed by atoms with Crippen molar-refractivity contribution in [1.82, 2.24) is 4.98 Å². The van der Waals surface area contributed by atoms with Gasteiger partial charge in [0.05, 0.1) is 19.2 Å². The monoisotopic (exact) mass is 502 g/mol. The number of pyridine rings is 1. The van der Waals surface area contributed by atoms with Crippen LogP contribution in [0.3, 0.4) is 0 Å². The number of hydrogen-bond acceptors (Lipinski definition) is 6. The summed E-state index contributed by atoms with van der Waals surface area (Å²) in [7, 11) is 0. The summed E-state index contributed by atoms with van der Waals surface area (Å²) in [6.07, 6.45) is 4.47. The molecular weight excluding hydrogens is 491 g/mol. The summed E-state index contributed by atoms with van der Waals surface area (Å²) in [5.41, 5.74) is 3.50. The third-order valence-corrected chi connectivity index (χ3v) is 4.11. The fourth-order valence-electron chi connectivity index (χ4n) is 1.67. The molecule has 0 aliphatic rings. The first-order valence-corrected chi connectivity index (χ1v) is 8.50. The summed E-state index contributed by atoms with van der Waals surface area (Å²) >= 11 is 5.64. The molecule has 2 aromatic rings.